The standard InChI is InChI=1S/C21H28F2N8O2/c1-3-27-30(2)29-28-20(24)21(22,23)17-6-4-5-16(13-17)19-25-14-18(15-26-19)33-12-9-31-7-10-32-11-8-31/h3-6,13-15,29H,7-12H2,1-2H3,(H2,24,28)/b27-3-. The summed E-state index contributed by atoms with van der Waals surface area (Å²) in [6.07, 6.45) is 4.52. The Morgan fingerprint density at radius 2 is 2.06 bits per heavy atom. The Kier molecular flexibility index (Phi) is 8.44. The van der Waals surface area contributed by atoms with Gasteiger partial charge in [0.2, 0.25) is 0 Å². The van der Waals surface area contributed by atoms with E-state index < -0.39 is 11.8 Å². The molecule has 0 radical (unpaired) electrons. The van der Waals surface area contributed by atoms with E-state index in [4.69, 9.17) is 15.2 Å². The molecule has 1 fully saturated rings. The summed E-state index contributed by atoms with van der Waals surface area (Å²) in [5.41, 5.74) is 7.94. The topological polar surface area (TPSA) is 113 Å². The molecule has 1 saturated heterocycles. The van der Waals surface area contributed by atoms with Crippen LogP contribution in [0.2, 0.25) is 0 Å². The monoisotopic (exact) mass is 462 g/mol. The molecule has 0 saturated carbocycles. The molecule has 1 aromatic carbocycles. The van der Waals surface area contributed by atoms with Gasteiger partial charge in [-0.3, -0.25) is 4.90 Å². The number of rotatable bonds is 10. The fourth-order valence-electron chi connectivity index (χ4n) is 3.05. The summed E-state index contributed by atoms with van der Waals surface area (Å²) < 4.78 is 40.6. The summed E-state index contributed by atoms with van der Waals surface area (Å²) in [4.78, 5) is 10.8. The van der Waals surface area contributed by atoms with Gasteiger partial charge in [0.05, 0.1) is 25.6 Å². The van der Waals surface area contributed by atoms with Crippen LogP contribution in [0.4, 0.5) is 8.78 Å². The normalized spacial score (nSPS) is 15.6. The lowest BCUT2D eigenvalue weighted by Crippen LogP contribution is -2.38. The zero-order valence-electron chi connectivity index (χ0n) is 18.6. The third-order valence-corrected chi connectivity index (χ3v) is 4.82. The first-order chi connectivity index (χ1) is 15.9. The van der Waals surface area contributed by atoms with Gasteiger partial charge in [0, 0.05) is 44.0 Å². The lowest BCUT2D eigenvalue weighted by Gasteiger charge is -2.26. The number of morpholine rings is 1. The second kappa shape index (κ2) is 11.5. The minimum Gasteiger partial charge on any atom is -0.489 e. The average molecular weight is 463 g/mol. The zero-order valence-corrected chi connectivity index (χ0v) is 18.6. The molecule has 12 heteroatoms. The highest BCUT2D eigenvalue weighted by Gasteiger charge is 2.37. The number of benzene rings is 1. The van der Waals surface area contributed by atoms with Crippen LogP contribution in [0.25, 0.3) is 11.4 Å². The van der Waals surface area contributed by atoms with Crippen molar-refractivity contribution in [1.29, 1.82) is 0 Å². The molecule has 2 aromatic rings. The number of nitrogens with one attached hydrogen (secondary N) is 1. The van der Waals surface area contributed by atoms with E-state index in [0.717, 1.165) is 38.0 Å². The number of hydrogen-bond acceptors (Lipinski definition) is 9. The van der Waals surface area contributed by atoms with Gasteiger partial charge in [0.25, 0.3) is 0 Å². The van der Waals surface area contributed by atoms with Crippen LogP contribution < -0.4 is 16.0 Å². The molecule has 10 nitrogen and oxygen atoms in total. The molecule has 1 aromatic heterocycles. The minimum atomic E-state index is -3.51. The molecule has 0 aliphatic carbocycles. The molecule has 0 bridgehead atoms. The van der Waals surface area contributed by atoms with Gasteiger partial charge in [0.15, 0.2) is 17.4 Å². The van der Waals surface area contributed by atoms with Crippen LogP contribution in [0.1, 0.15) is 12.5 Å². The van der Waals surface area contributed by atoms with E-state index in [-0.39, 0.29) is 5.56 Å². The van der Waals surface area contributed by atoms with Gasteiger partial charge in [-0.2, -0.15) is 19.0 Å². The van der Waals surface area contributed by atoms with Gasteiger partial charge in [-0.25, -0.2) is 15.5 Å². The Morgan fingerprint density at radius 3 is 2.76 bits per heavy atom. The summed E-state index contributed by atoms with van der Waals surface area (Å²) in [6, 6.07) is 5.68. The summed E-state index contributed by atoms with van der Waals surface area (Å²) in [5, 5.41) is 8.48. The van der Waals surface area contributed by atoms with Crippen molar-refractivity contribution in [2.45, 2.75) is 12.8 Å². The molecule has 1 aliphatic rings. The van der Waals surface area contributed by atoms with E-state index in [1.807, 2.05) is 0 Å². The highest BCUT2D eigenvalue weighted by molar-refractivity contribution is 5.88. The third-order valence-electron chi connectivity index (χ3n) is 4.82. The van der Waals surface area contributed by atoms with E-state index in [1.165, 1.54) is 43.9 Å². The van der Waals surface area contributed by atoms with E-state index in [2.05, 4.69) is 30.6 Å². The van der Waals surface area contributed by atoms with Crippen LogP contribution >= 0.6 is 0 Å². The van der Waals surface area contributed by atoms with Crippen LogP contribution in [0.3, 0.4) is 0 Å². The predicted molar refractivity (Wildman–Crippen MR) is 121 cm³/mol. The third kappa shape index (κ3) is 6.80. The Bertz CT molecular complexity index is 950. The van der Waals surface area contributed by atoms with Crippen LogP contribution in [0.5, 0.6) is 5.75 Å². The Balaban J connectivity index is 1.63. The highest BCUT2D eigenvalue weighted by Crippen LogP contribution is 2.30. The summed E-state index contributed by atoms with van der Waals surface area (Å²) in [5.74, 6) is -3.61. The number of ether oxygens (including phenoxy) is 2. The SMILES string of the molecule is C/C=N\N(C)N/N=C(\N)C(F)(F)c1cccc(-c2ncc(OCCN3CCOCC3)cn2)c1. The first kappa shape index (κ1) is 24.3. The molecule has 0 spiro atoms. The van der Waals surface area contributed by atoms with Crippen molar-refractivity contribution in [2.75, 3.05) is 46.5 Å². The molecule has 3 rings (SSSR count). The number of amidine groups is 1. The van der Waals surface area contributed by atoms with Gasteiger partial charge in [-0.15, -0.1) is 5.10 Å². The van der Waals surface area contributed by atoms with Crippen LogP contribution in [0.15, 0.2) is 46.9 Å². The summed E-state index contributed by atoms with van der Waals surface area (Å²) >= 11 is 0. The van der Waals surface area contributed by atoms with Gasteiger partial charge in [0.1, 0.15) is 6.61 Å². The smallest absolute Gasteiger partial charge is 0.331 e. The molecule has 33 heavy (non-hydrogen) atoms. The molecule has 3 N–H and O–H groups in total. The molecule has 1 aliphatic heterocycles. The van der Waals surface area contributed by atoms with Crippen molar-refractivity contribution in [3.63, 3.8) is 0 Å². The van der Waals surface area contributed by atoms with E-state index in [1.54, 1.807) is 13.0 Å². The number of alkyl halides is 2. The number of nitrogens with two attached hydrogens (primary N) is 1. The summed E-state index contributed by atoms with van der Waals surface area (Å²) in [6.45, 7) is 6.18. The number of halogens is 2. The van der Waals surface area contributed by atoms with Crippen molar-refractivity contribution in [2.24, 2.45) is 15.9 Å². The van der Waals surface area contributed by atoms with Crippen molar-refractivity contribution in [3.05, 3.63) is 42.2 Å². The lowest BCUT2D eigenvalue weighted by molar-refractivity contribution is 0.0322. The molecule has 0 amide bonds. The maximum absolute atomic E-state index is 14.8. The molecule has 0 atom stereocenters. The summed E-state index contributed by atoms with van der Waals surface area (Å²) in [7, 11) is 1.50. The van der Waals surface area contributed by atoms with Crippen LogP contribution in [-0.4, -0.2) is 78.5 Å². The van der Waals surface area contributed by atoms with Crippen LogP contribution in [-0.2, 0) is 10.7 Å². The quantitative estimate of drug-likeness (QED) is 0.311. The lowest BCUT2D eigenvalue weighted by atomic mass is 10.0. The maximum atomic E-state index is 14.8. The van der Waals surface area contributed by atoms with Gasteiger partial charge in [-0.1, -0.05) is 18.2 Å². The Morgan fingerprint density at radius 1 is 1.33 bits per heavy atom. The van der Waals surface area contributed by atoms with Crippen molar-refractivity contribution in [1.82, 2.24) is 25.5 Å². The second-order valence-corrected chi connectivity index (χ2v) is 7.19. The largest absolute Gasteiger partial charge is 0.489 e. The van der Waals surface area contributed by atoms with Crippen molar-refractivity contribution in [3.8, 4) is 17.1 Å². The maximum Gasteiger partial charge on any atom is 0.331 e. The molecular formula is C21H28F2N8O2. The number of hydrogen-bond donors (Lipinski definition) is 2. The van der Waals surface area contributed by atoms with Gasteiger partial charge >= 0.3 is 5.92 Å². The fourth-order valence-corrected chi connectivity index (χ4v) is 3.05. The first-order valence-electron chi connectivity index (χ1n) is 10.5. The van der Waals surface area contributed by atoms with E-state index >= 15 is 0 Å². The number of nitrogens with zero attached hydrogens (tertiary/aromatic N) is 6. The average Bonchev–Trinajstić information content (AvgIpc) is 2.84. The highest BCUT2D eigenvalue weighted by atomic mass is 19.3. The Labute approximate surface area is 191 Å². The van der Waals surface area contributed by atoms with Gasteiger partial charge in [-0.05, 0) is 13.0 Å². The number of hydrazone groups is 2. The molecule has 2 heterocycles. The Hall–Kier alpha value is -3.38. The zero-order chi connectivity index (χ0) is 23.7. The van der Waals surface area contributed by atoms with Crippen molar-refractivity contribution < 1.29 is 18.3 Å². The second-order valence-electron chi connectivity index (χ2n) is 7.19. The van der Waals surface area contributed by atoms with Crippen molar-refractivity contribution >= 4 is 12.1 Å². The van der Waals surface area contributed by atoms with Gasteiger partial charge < -0.3 is 15.2 Å². The van der Waals surface area contributed by atoms with E-state index in [9.17, 15) is 8.78 Å². The first-order valence-corrected chi connectivity index (χ1v) is 10.5. The number of aromatic nitrogens is 2. The number of hydrazine groups is 1. The van der Waals surface area contributed by atoms with Crippen LogP contribution in [0, 0.1) is 0 Å². The molecule has 0 unspecified atom stereocenters. The molecular weight excluding hydrogens is 434 g/mol. The molecule has 178 valence electrons. The van der Waals surface area contributed by atoms with E-state index in [0.29, 0.717) is 23.7 Å². The predicted octanol–water partition coefficient (Wildman–Crippen LogP) is 1.66. The minimum absolute atomic E-state index is 0.291. The fraction of sp³-hybridized carbons (Fsp3) is 0.429.